The minimum absolute atomic E-state index is 0.0432. The fourth-order valence-corrected chi connectivity index (χ4v) is 2.97. The maximum absolute atomic E-state index is 12.5. The molecule has 2 amide bonds. The van der Waals surface area contributed by atoms with Crippen molar-refractivity contribution in [1.82, 2.24) is 20.1 Å². The number of aromatic nitrogens is 1. The maximum atomic E-state index is 12.5. The summed E-state index contributed by atoms with van der Waals surface area (Å²) in [4.78, 5) is 32.2. The summed E-state index contributed by atoms with van der Waals surface area (Å²) in [5.41, 5.74) is 1.30. The van der Waals surface area contributed by atoms with E-state index in [-0.39, 0.29) is 18.0 Å². The molecule has 0 radical (unpaired) electrons. The minimum atomic E-state index is -0.281. The first-order chi connectivity index (χ1) is 13.0. The number of carbonyl (C=O) groups excluding carboxylic acids is 2. The fraction of sp³-hybridized carbons (Fsp3) is 0.632. The predicted molar refractivity (Wildman–Crippen MR) is 105 cm³/mol. The molecule has 2 N–H and O–H groups in total. The molecule has 2 rings (SSSR count). The zero-order valence-electron chi connectivity index (χ0n) is 16.5. The first-order valence-corrected chi connectivity index (χ1v) is 9.56. The molecule has 27 heavy (non-hydrogen) atoms. The van der Waals surface area contributed by atoms with Crippen molar-refractivity contribution in [2.75, 3.05) is 52.2 Å². The van der Waals surface area contributed by atoms with E-state index in [1.54, 1.807) is 24.1 Å². The molecule has 2 heterocycles. The van der Waals surface area contributed by atoms with E-state index < -0.39 is 0 Å². The molecule has 0 atom stereocenters. The zero-order valence-corrected chi connectivity index (χ0v) is 16.5. The Bertz CT molecular complexity index is 615. The van der Waals surface area contributed by atoms with Gasteiger partial charge in [-0.1, -0.05) is 0 Å². The van der Waals surface area contributed by atoms with Gasteiger partial charge < -0.3 is 25.2 Å². The van der Waals surface area contributed by atoms with Crippen LogP contribution in [-0.2, 0) is 4.74 Å². The molecule has 1 aromatic heterocycles. The Labute approximate surface area is 161 Å². The van der Waals surface area contributed by atoms with E-state index in [1.165, 1.54) is 0 Å². The molecule has 0 unspecified atom stereocenters. The second-order valence-electron chi connectivity index (χ2n) is 6.95. The molecule has 0 aromatic carbocycles. The highest BCUT2D eigenvalue weighted by Gasteiger charge is 2.25. The van der Waals surface area contributed by atoms with Gasteiger partial charge in [0.2, 0.25) is 0 Å². The van der Waals surface area contributed by atoms with Gasteiger partial charge in [-0.3, -0.25) is 9.78 Å². The van der Waals surface area contributed by atoms with Crippen LogP contribution in [0.1, 0.15) is 36.7 Å². The molecule has 1 aliphatic heterocycles. The monoisotopic (exact) mass is 377 g/mol. The Morgan fingerprint density at radius 1 is 1.33 bits per heavy atom. The van der Waals surface area contributed by atoms with Gasteiger partial charge >= 0.3 is 6.09 Å². The standard InChI is InChI=1S/C19H31N5O3/c1-4-27-19(26)24-12-7-15(8-13-24)22-18(25)17-14-16(6-10-21-17)20-9-5-11-23(2)3/h6,10,14-15H,4-5,7-9,11-13H2,1-3H3,(H,20,21)(H,22,25). The molecule has 1 aromatic rings. The summed E-state index contributed by atoms with van der Waals surface area (Å²) in [6, 6.07) is 3.69. The number of anilines is 1. The van der Waals surface area contributed by atoms with Crippen molar-refractivity contribution in [2.45, 2.75) is 32.2 Å². The molecule has 0 spiro atoms. The molecule has 0 bridgehead atoms. The number of piperidine rings is 1. The van der Waals surface area contributed by atoms with E-state index in [9.17, 15) is 9.59 Å². The summed E-state index contributed by atoms with van der Waals surface area (Å²) in [6.07, 6.45) is 3.82. The zero-order chi connectivity index (χ0) is 19.6. The quantitative estimate of drug-likeness (QED) is 0.672. The number of ether oxygens (including phenoxy) is 1. The molecule has 0 aliphatic carbocycles. The van der Waals surface area contributed by atoms with Crippen molar-refractivity contribution in [3.63, 3.8) is 0 Å². The second-order valence-corrected chi connectivity index (χ2v) is 6.95. The summed E-state index contributed by atoms with van der Waals surface area (Å²) in [5.74, 6) is -0.179. The fourth-order valence-electron chi connectivity index (χ4n) is 2.97. The number of hydrogen-bond donors (Lipinski definition) is 2. The van der Waals surface area contributed by atoms with E-state index in [0.29, 0.717) is 38.2 Å². The van der Waals surface area contributed by atoms with Gasteiger partial charge in [-0.2, -0.15) is 0 Å². The number of hydrogen-bond acceptors (Lipinski definition) is 6. The van der Waals surface area contributed by atoms with Gasteiger partial charge in [0.15, 0.2) is 0 Å². The van der Waals surface area contributed by atoms with Gasteiger partial charge in [-0.25, -0.2) is 4.79 Å². The number of likely N-dealkylation sites (tertiary alicyclic amines) is 1. The van der Waals surface area contributed by atoms with E-state index in [1.807, 2.05) is 20.2 Å². The van der Waals surface area contributed by atoms with E-state index in [4.69, 9.17) is 4.74 Å². The van der Waals surface area contributed by atoms with Crippen LogP contribution in [0.25, 0.3) is 0 Å². The molecular weight excluding hydrogens is 346 g/mol. The van der Waals surface area contributed by atoms with Crippen LogP contribution in [0.3, 0.4) is 0 Å². The Morgan fingerprint density at radius 2 is 2.07 bits per heavy atom. The SMILES string of the molecule is CCOC(=O)N1CCC(NC(=O)c2cc(NCCCN(C)C)ccn2)CC1. The lowest BCUT2D eigenvalue weighted by molar-refractivity contribution is 0.0856. The van der Waals surface area contributed by atoms with Crippen molar-refractivity contribution >= 4 is 17.7 Å². The third kappa shape index (κ3) is 7.05. The number of rotatable bonds is 8. The molecule has 1 aliphatic rings. The Balaban J connectivity index is 1.79. The Kier molecular flexibility index (Phi) is 8.32. The third-order valence-electron chi connectivity index (χ3n) is 4.46. The highest BCUT2D eigenvalue weighted by Crippen LogP contribution is 2.13. The van der Waals surface area contributed by atoms with Crippen LogP contribution in [0.15, 0.2) is 18.3 Å². The van der Waals surface area contributed by atoms with Crippen LogP contribution < -0.4 is 10.6 Å². The average molecular weight is 377 g/mol. The van der Waals surface area contributed by atoms with Crippen LogP contribution in [0, 0.1) is 0 Å². The van der Waals surface area contributed by atoms with Gasteiger partial charge in [-0.15, -0.1) is 0 Å². The van der Waals surface area contributed by atoms with Crippen molar-refractivity contribution < 1.29 is 14.3 Å². The third-order valence-corrected chi connectivity index (χ3v) is 4.46. The summed E-state index contributed by atoms with van der Waals surface area (Å²) in [7, 11) is 4.10. The van der Waals surface area contributed by atoms with Crippen LogP contribution >= 0.6 is 0 Å². The van der Waals surface area contributed by atoms with Gasteiger partial charge in [0.05, 0.1) is 6.61 Å². The second kappa shape index (κ2) is 10.7. The number of pyridine rings is 1. The summed E-state index contributed by atoms with van der Waals surface area (Å²) < 4.78 is 5.01. The number of carbonyl (C=O) groups is 2. The lowest BCUT2D eigenvalue weighted by Gasteiger charge is -2.31. The van der Waals surface area contributed by atoms with Crippen molar-refractivity contribution in [2.24, 2.45) is 0 Å². The number of amides is 2. The summed E-state index contributed by atoms with van der Waals surface area (Å²) in [5, 5.41) is 6.35. The van der Waals surface area contributed by atoms with Crippen molar-refractivity contribution in [1.29, 1.82) is 0 Å². The van der Waals surface area contributed by atoms with Crippen LogP contribution in [0.4, 0.5) is 10.5 Å². The van der Waals surface area contributed by atoms with Crippen LogP contribution in [0.5, 0.6) is 0 Å². The lowest BCUT2D eigenvalue weighted by Crippen LogP contribution is -2.46. The van der Waals surface area contributed by atoms with Crippen LogP contribution in [-0.4, -0.2) is 79.7 Å². The lowest BCUT2D eigenvalue weighted by atomic mass is 10.1. The molecule has 1 fully saturated rings. The van der Waals surface area contributed by atoms with E-state index in [0.717, 1.165) is 25.2 Å². The van der Waals surface area contributed by atoms with Gasteiger partial charge in [0, 0.05) is 37.6 Å². The van der Waals surface area contributed by atoms with E-state index >= 15 is 0 Å². The van der Waals surface area contributed by atoms with Gasteiger partial charge in [-0.05, 0) is 59.0 Å². The first-order valence-electron chi connectivity index (χ1n) is 9.56. The Hall–Kier alpha value is -2.35. The Morgan fingerprint density at radius 3 is 2.74 bits per heavy atom. The summed E-state index contributed by atoms with van der Waals surface area (Å²) in [6.45, 7) is 5.20. The smallest absolute Gasteiger partial charge is 0.409 e. The molecule has 0 saturated carbocycles. The molecule has 1 saturated heterocycles. The molecular formula is C19H31N5O3. The van der Waals surface area contributed by atoms with E-state index in [2.05, 4.69) is 20.5 Å². The summed E-state index contributed by atoms with van der Waals surface area (Å²) >= 11 is 0. The normalized spacial score (nSPS) is 14.9. The molecule has 150 valence electrons. The topological polar surface area (TPSA) is 86.8 Å². The number of nitrogens with one attached hydrogen (secondary N) is 2. The average Bonchev–Trinajstić information content (AvgIpc) is 2.66. The predicted octanol–water partition coefficient (Wildman–Crippen LogP) is 1.80. The largest absolute Gasteiger partial charge is 0.450 e. The minimum Gasteiger partial charge on any atom is -0.450 e. The number of nitrogens with zero attached hydrogens (tertiary/aromatic N) is 3. The van der Waals surface area contributed by atoms with Crippen molar-refractivity contribution in [3.05, 3.63) is 24.0 Å². The van der Waals surface area contributed by atoms with Crippen LogP contribution in [0.2, 0.25) is 0 Å². The van der Waals surface area contributed by atoms with Crippen molar-refractivity contribution in [3.8, 4) is 0 Å². The van der Waals surface area contributed by atoms with Gasteiger partial charge in [0.1, 0.15) is 5.69 Å². The maximum Gasteiger partial charge on any atom is 0.409 e. The molecule has 8 heteroatoms. The highest BCUT2D eigenvalue weighted by molar-refractivity contribution is 5.93. The first kappa shape index (κ1) is 21.0. The highest BCUT2D eigenvalue weighted by atomic mass is 16.6. The molecule has 8 nitrogen and oxygen atoms in total. The van der Waals surface area contributed by atoms with Gasteiger partial charge in [0.25, 0.3) is 5.91 Å².